The van der Waals surface area contributed by atoms with Gasteiger partial charge in [-0.1, -0.05) is 19.1 Å². The Morgan fingerprint density at radius 1 is 0.778 bits per heavy atom. The molecular weight excluding hydrogens is 366 g/mol. The molecule has 27 heavy (non-hydrogen) atoms. The SMILES string of the molecule is CCN(CC(=O)Nc1c(F)cccc1F)CC(=O)Nc1c(F)cccc1F. The third-order valence-corrected chi connectivity index (χ3v) is 3.64. The van der Waals surface area contributed by atoms with E-state index in [0.717, 1.165) is 36.4 Å². The summed E-state index contributed by atoms with van der Waals surface area (Å²) in [6, 6.07) is 6.29. The van der Waals surface area contributed by atoms with Crippen molar-refractivity contribution in [3.8, 4) is 0 Å². The van der Waals surface area contributed by atoms with Crippen molar-refractivity contribution in [2.75, 3.05) is 30.3 Å². The molecule has 0 saturated heterocycles. The van der Waals surface area contributed by atoms with Crippen LogP contribution in [0.2, 0.25) is 0 Å². The van der Waals surface area contributed by atoms with E-state index in [2.05, 4.69) is 10.6 Å². The summed E-state index contributed by atoms with van der Waals surface area (Å²) in [6.45, 7) is 1.18. The number of para-hydroxylation sites is 2. The van der Waals surface area contributed by atoms with E-state index in [0.29, 0.717) is 0 Å². The molecule has 0 spiro atoms. The zero-order valence-corrected chi connectivity index (χ0v) is 14.4. The van der Waals surface area contributed by atoms with E-state index in [1.54, 1.807) is 6.92 Å². The van der Waals surface area contributed by atoms with Crippen LogP contribution in [0.1, 0.15) is 6.92 Å². The van der Waals surface area contributed by atoms with Crippen LogP contribution in [0.3, 0.4) is 0 Å². The molecule has 2 amide bonds. The maximum Gasteiger partial charge on any atom is 0.238 e. The summed E-state index contributed by atoms with van der Waals surface area (Å²) < 4.78 is 54.2. The van der Waals surface area contributed by atoms with E-state index in [9.17, 15) is 27.2 Å². The Hall–Kier alpha value is -2.94. The number of amides is 2. The fourth-order valence-electron chi connectivity index (χ4n) is 2.28. The lowest BCUT2D eigenvalue weighted by molar-refractivity contribution is -0.120. The second-order valence-corrected chi connectivity index (χ2v) is 5.59. The molecule has 0 aliphatic rings. The Bertz CT molecular complexity index is 737. The molecule has 0 unspecified atom stereocenters. The minimum atomic E-state index is -0.931. The zero-order chi connectivity index (χ0) is 20.0. The Morgan fingerprint density at radius 3 is 1.41 bits per heavy atom. The van der Waals surface area contributed by atoms with Crippen molar-refractivity contribution in [2.24, 2.45) is 0 Å². The molecule has 0 aromatic heterocycles. The van der Waals surface area contributed by atoms with Crippen LogP contribution in [-0.2, 0) is 9.59 Å². The molecule has 0 radical (unpaired) electrons. The molecule has 2 aromatic carbocycles. The highest BCUT2D eigenvalue weighted by molar-refractivity contribution is 5.95. The van der Waals surface area contributed by atoms with Gasteiger partial charge in [0.15, 0.2) is 0 Å². The summed E-state index contributed by atoms with van der Waals surface area (Å²) in [4.78, 5) is 25.3. The molecule has 2 rings (SSSR count). The third-order valence-electron chi connectivity index (χ3n) is 3.64. The fourth-order valence-corrected chi connectivity index (χ4v) is 2.28. The minimum absolute atomic E-state index is 0.236. The highest BCUT2D eigenvalue weighted by atomic mass is 19.1. The fraction of sp³-hybridized carbons (Fsp3) is 0.222. The van der Waals surface area contributed by atoms with Gasteiger partial charge in [0, 0.05) is 0 Å². The Labute approximate surface area is 153 Å². The Balaban J connectivity index is 1.96. The van der Waals surface area contributed by atoms with Crippen molar-refractivity contribution in [2.45, 2.75) is 6.92 Å². The molecule has 0 atom stereocenters. The number of likely N-dealkylation sites (N-methyl/N-ethyl adjacent to an activating group) is 1. The topological polar surface area (TPSA) is 61.4 Å². The number of benzene rings is 2. The third kappa shape index (κ3) is 5.52. The van der Waals surface area contributed by atoms with Gasteiger partial charge in [0.05, 0.1) is 13.1 Å². The molecule has 9 heteroatoms. The van der Waals surface area contributed by atoms with Crippen LogP contribution in [0, 0.1) is 23.3 Å². The number of rotatable bonds is 7. The van der Waals surface area contributed by atoms with Crippen molar-refractivity contribution in [3.05, 3.63) is 59.7 Å². The van der Waals surface area contributed by atoms with Gasteiger partial charge in [0.25, 0.3) is 0 Å². The summed E-state index contributed by atoms with van der Waals surface area (Å²) in [5.74, 6) is -5.21. The van der Waals surface area contributed by atoms with E-state index in [4.69, 9.17) is 0 Å². The lowest BCUT2D eigenvalue weighted by atomic mass is 10.2. The van der Waals surface area contributed by atoms with Crippen LogP contribution < -0.4 is 10.6 Å². The average molecular weight is 383 g/mol. The first-order valence-electron chi connectivity index (χ1n) is 8.02. The van der Waals surface area contributed by atoms with E-state index in [1.165, 1.54) is 4.90 Å². The van der Waals surface area contributed by atoms with E-state index >= 15 is 0 Å². The van der Waals surface area contributed by atoms with Gasteiger partial charge in [-0.25, -0.2) is 17.6 Å². The molecule has 2 N–H and O–H groups in total. The number of halogens is 4. The molecular formula is C18H17F4N3O2. The van der Waals surface area contributed by atoms with Crippen molar-refractivity contribution in [1.82, 2.24) is 4.90 Å². The van der Waals surface area contributed by atoms with Crippen LogP contribution in [-0.4, -0.2) is 36.3 Å². The maximum atomic E-state index is 13.6. The van der Waals surface area contributed by atoms with Gasteiger partial charge < -0.3 is 10.6 Å². The first kappa shape index (κ1) is 20.4. The number of nitrogens with zero attached hydrogens (tertiary/aromatic N) is 1. The molecule has 0 bridgehead atoms. The number of hydrogen-bond donors (Lipinski definition) is 2. The monoisotopic (exact) mass is 383 g/mol. The van der Waals surface area contributed by atoms with E-state index in [-0.39, 0.29) is 19.6 Å². The predicted molar refractivity (Wildman–Crippen MR) is 92.1 cm³/mol. The van der Waals surface area contributed by atoms with Gasteiger partial charge in [-0.15, -0.1) is 0 Å². The molecule has 0 saturated carbocycles. The first-order valence-corrected chi connectivity index (χ1v) is 8.02. The van der Waals surface area contributed by atoms with Crippen molar-refractivity contribution < 1.29 is 27.2 Å². The number of hydrogen-bond acceptors (Lipinski definition) is 3. The minimum Gasteiger partial charge on any atom is -0.320 e. The normalized spacial score (nSPS) is 10.7. The van der Waals surface area contributed by atoms with Crippen LogP contribution in [0.25, 0.3) is 0 Å². The highest BCUT2D eigenvalue weighted by Gasteiger charge is 2.18. The molecule has 0 aliphatic carbocycles. The van der Waals surface area contributed by atoms with Gasteiger partial charge >= 0.3 is 0 Å². The summed E-state index contributed by atoms with van der Waals surface area (Å²) >= 11 is 0. The molecule has 144 valence electrons. The van der Waals surface area contributed by atoms with Gasteiger partial charge in [-0.05, 0) is 30.8 Å². The summed E-state index contributed by atoms with van der Waals surface area (Å²) in [5, 5.41) is 4.20. The van der Waals surface area contributed by atoms with Crippen LogP contribution in [0.5, 0.6) is 0 Å². The van der Waals surface area contributed by atoms with Gasteiger partial charge in [-0.2, -0.15) is 0 Å². The molecule has 0 heterocycles. The lowest BCUT2D eigenvalue weighted by Gasteiger charge is -2.19. The van der Waals surface area contributed by atoms with Crippen LogP contribution >= 0.6 is 0 Å². The molecule has 2 aromatic rings. The molecule has 5 nitrogen and oxygen atoms in total. The summed E-state index contributed by atoms with van der Waals surface area (Å²) in [5.41, 5.74) is -1.17. The Kier molecular flexibility index (Phi) is 6.89. The Morgan fingerprint density at radius 2 is 1.11 bits per heavy atom. The first-order chi connectivity index (χ1) is 12.8. The maximum absolute atomic E-state index is 13.6. The number of carbonyl (C=O) groups is 2. The molecule has 0 aliphatic heterocycles. The summed E-state index contributed by atoms with van der Waals surface area (Å²) in [6.07, 6.45) is 0. The van der Waals surface area contributed by atoms with E-state index in [1.807, 2.05) is 0 Å². The average Bonchev–Trinajstić information content (AvgIpc) is 2.61. The van der Waals surface area contributed by atoms with Crippen molar-refractivity contribution >= 4 is 23.2 Å². The van der Waals surface area contributed by atoms with Gasteiger partial charge in [-0.3, -0.25) is 14.5 Å². The number of anilines is 2. The van der Waals surface area contributed by atoms with Crippen LogP contribution in [0.15, 0.2) is 36.4 Å². The second-order valence-electron chi connectivity index (χ2n) is 5.59. The molecule has 0 fully saturated rings. The van der Waals surface area contributed by atoms with Crippen LogP contribution in [0.4, 0.5) is 28.9 Å². The quantitative estimate of drug-likeness (QED) is 0.723. The largest absolute Gasteiger partial charge is 0.320 e. The number of carbonyl (C=O) groups excluding carboxylic acids is 2. The van der Waals surface area contributed by atoms with E-state index < -0.39 is 46.5 Å². The van der Waals surface area contributed by atoms with Crippen molar-refractivity contribution in [3.63, 3.8) is 0 Å². The number of nitrogens with one attached hydrogen (secondary N) is 2. The second kappa shape index (κ2) is 9.13. The summed E-state index contributed by atoms with van der Waals surface area (Å²) in [7, 11) is 0. The smallest absolute Gasteiger partial charge is 0.238 e. The zero-order valence-electron chi connectivity index (χ0n) is 14.4. The predicted octanol–water partition coefficient (Wildman–Crippen LogP) is 3.14. The van der Waals surface area contributed by atoms with Crippen molar-refractivity contribution in [1.29, 1.82) is 0 Å². The van der Waals surface area contributed by atoms with Gasteiger partial charge in [0.1, 0.15) is 34.6 Å². The highest BCUT2D eigenvalue weighted by Crippen LogP contribution is 2.19. The van der Waals surface area contributed by atoms with Gasteiger partial charge in [0.2, 0.25) is 11.8 Å². The standard InChI is InChI=1S/C18H17F4N3O2/c1-2-25(9-15(26)23-17-11(19)5-3-6-12(17)20)10-16(27)24-18-13(21)7-4-8-14(18)22/h3-8H,2,9-10H2,1H3,(H,23,26)(H,24,27). The lowest BCUT2D eigenvalue weighted by Crippen LogP contribution is -2.39.